The van der Waals surface area contributed by atoms with Gasteiger partial charge in [0.1, 0.15) is 6.10 Å². The fourth-order valence-corrected chi connectivity index (χ4v) is 3.29. The standard InChI is InChI=1S/C23H22N2O5/c1-15(21(26)25(2)12-6-11-24)29-22(27)17-9-10-19-18(13-17)14-20(30-23(19)28)16-7-4-3-5-8-16/h3-5,7-10,13,15,20H,6,12,14H2,1-2H3/t15-,20-/m0/s1. The molecule has 3 rings (SSSR count). The molecule has 0 aliphatic carbocycles. The van der Waals surface area contributed by atoms with Gasteiger partial charge in [-0.25, -0.2) is 9.59 Å². The Labute approximate surface area is 174 Å². The first-order valence-electron chi connectivity index (χ1n) is 9.62. The van der Waals surface area contributed by atoms with Crippen molar-refractivity contribution in [3.05, 3.63) is 70.8 Å². The van der Waals surface area contributed by atoms with Crippen LogP contribution < -0.4 is 0 Å². The quantitative estimate of drug-likeness (QED) is 0.684. The van der Waals surface area contributed by atoms with Gasteiger partial charge in [-0.3, -0.25) is 4.79 Å². The number of likely N-dealkylation sites (N-methyl/N-ethyl adjacent to an activating group) is 1. The fraction of sp³-hybridized carbons (Fsp3) is 0.304. The first-order chi connectivity index (χ1) is 14.4. The summed E-state index contributed by atoms with van der Waals surface area (Å²) in [7, 11) is 1.55. The van der Waals surface area contributed by atoms with E-state index in [1.54, 1.807) is 19.2 Å². The molecule has 1 aliphatic heterocycles. The average molecular weight is 406 g/mol. The molecular weight excluding hydrogens is 384 g/mol. The zero-order valence-corrected chi connectivity index (χ0v) is 16.8. The largest absolute Gasteiger partial charge is 0.454 e. The second kappa shape index (κ2) is 9.23. The zero-order valence-electron chi connectivity index (χ0n) is 16.8. The normalized spacial score (nSPS) is 15.9. The van der Waals surface area contributed by atoms with Crippen molar-refractivity contribution in [2.45, 2.75) is 32.0 Å². The summed E-state index contributed by atoms with van der Waals surface area (Å²) >= 11 is 0. The summed E-state index contributed by atoms with van der Waals surface area (Å²) in [6.45, 7) is 1.75. The Balaban J connectivity index is 1.72. The maximum atomic E-state index is 12.6. The Kier molecular flexibility index (Phi) is 6.48. The highest BCUT2D eigenvalue weighted by Crippen LogP contribution is 2.31. The lowest BCUT2D eigenvalue weighted by atomic mass is 9.93. The Morgan fingerprint density at radius 3 is 2.70 bits per heavy atom. The van der Waals surface area contributed by atoms with E-state index in [0.29, 0.717) is 17.5 Å². The molecule has 7 nitrogen and oxygen atoms in total. The Morgan fingerprint density at radius 1 is 1.27 bits per heavy atom. The van der Waals surface area contributed by atoms with E-state index >= 15 is 0 Å². The summed E-state index contributed by atoms with van der Waals surface area (Å²) in [5.41, 5.74) is 2.25. The lowest BCUT2D eigenvalue weighted by molar-refractivity contribution is -0.138. The van der Waals surface area contributed by atoms with Crippen LogP contribution in [0.3, 0.4) is 0 Å². The Bertz CT molecular complexity index is 996. The summed E-state index contributed by atoms with van der Waals surface area (Å²) in [5, 5.41) is 8.63. The molecule has 0 spiro atoms. The van der Waals surface area contributed by atoms with E-state index in [-0.39, 0.29) is 24.4 Å². The summed E-state index contributed by atoms with van der Waals surface area (Å²) < 4.78 is 10.8. The molecule has 7 heteroatoms. The van der Waals surface area contributed by atoms with Crippen molar-refractivity contribution in [2.24, 2.45) is 0 Å². The van der Waals surface area contributed by atoms with E-state index in [2.05, 4.69) is 0 Å². The van der Waals surface area contributed by atoms with Gasteiger partial charge >= 0.3 is 11.9 Å². The van der Waals surface area contributed by atoms with Gasteiger partial charge in [-0.1, -0.05) is 30.3 Å². The van der Waals surface area contributed by atoms with E-state index in [4.69, 9.17) is 14.7 Å². The minimum absolute atomic E-state index is 0.201. The maximum absolute atomic E-state index is 12.6. The summed E-state index contributed by atoms with van der Waals surface area (Å²) in [6.07, 6.45) is -0.768. The number of amides is 1. The van der Waals surface area contributed by atoms with Gasteiger partial charge in [0, 0.05) is 20.0 Å². The van der Waals surface area contributed by atoms with Crippen LogP contribution in [0.25, 0.3) is 0 Å². The number of nitrogens with zero attached hydrogens (tertiary/aromatic N) is 2. The molecule has 30 heavy (non-hydrogen) atoms. The van der Waals surface area contributed by atoms with E-state index in [9.17, 15) is 14.4 Å². The highest BCUT2D eigenvalue weighted by Gasteiger charge is 2.29. The Morgan fingerprint density at radius 2 is 2.00 bits per heavy atom. The molecule has 0 radical (unpaired) electrons. The fourth-order valence-electron chi connectivity index (χ4n) is 3.29. The molecule has 0 fully saturated rings. The number of fused-ring (bicyclic) bond motifs is 1. The summed E-state index contributed by atoms with van der Waals surface area (Å²) in [4.78, 5) is 38.5. The predicted octanol–water partition coefficient (Wildman–Crippen LogP) is 3.06. The van der Waals surface area contributed by atoms with Gasteiger partial charge in [0.25, 0.3) is 5.91 Å². The van der Waals surface area contributed by atoms with Crippen molar-refractivity contribution in [1.82, 2.24) is 4.90 Å². The topological polar surface area (TPSA) is 96.7 Å². The molecule has 0 N–H and O–H groups in total. The Hall–Kier alpha value is -3.66. The number of esters is 2. The predicted molar refractivity (Wildman–Crippen MR) is 107 cm³/mol. The number of carbonyl (C=O) groups excluding carboxylic acids is 3. The zero-order chi connectivity index (χ0) is 21.7. The lowest BCUT2D eigenvalue weighted by Gasteiger charge is -2.25. The molecule has 2 aromatic rings. The third kappa shape index (κ3) is 4.66. The smallest absolute Gasteiger partial charge is 0.339 e. The molecule has 0 bridgehead atoms. The van der Waals surface area contributed by atoms with Crippen LogP contribution >= 0.6 is 0 Å². The molecule has 1 heterocycles. The van der Waals surface area contributed by atoms with E-state index in [1.807, 2.05) is 36.4 Å². The number of carbonyl (C=O) groups is 3. The van der Waals surface area contributed by atoms with Gasteiger partial charge in [0.15, 0.2) is 6.10 Å². The van der Waals surface area contributed by atoms with Crippen LogP contribution in [0.5, 0.6) is 0 Å². The van der Waals surface area contributed by atoms with E-state index in [0.717, 1.165) is 5.56 Å². The molecule has 0 saturated carbocycles. The van der Waals surface area contributed by atoms with Crippen molar-refractivity contribution < 1.29 is 23.9 Å². The molecular formula is C23H22N2O5. The first kappa shape index (κ1) is 21.1. The molecule has 0 aromatic heterocycles. The van der Waals surface area contributed by atoms with Crippen LogP contribution in [0.15, 0.2) is 48.5 Å². The van der Waals surface area contributed by atoms with Gasteiger partial charge in [0.05, 0.1) is 23.6 Å². The second-order valence-corrected chi connectivity index (χ2v) is 7.10. The molecule has 0 saturated heterocycles. The number of ether oxygens (including phenoxy) is 2. The van der Waals surface area contributed by atoms with Gasteiger partial charge in [-0.05, 0) is 36.2 Å². The van der Waals surface area contributed by atoms with Crippen LogP contribution in [-0.4, -0.2) is 42.4 Å². The van der Waals surface area contributed by atoms with E-state index < -0.39 is 24.1 Å². The monoisotopic (exact) mass is 406 g/mol. The second-order valence-electron chi connectivity index (χ2n) is 7.10. The minimum atomic E-state index is -0.987. The SMILES string of the molecule is C[C@H](OC(=O)c1ccc2c(c1)C[C@@H](c1ccccc1)OC2=O)C(=O)N(C)CCC#N. The minimum Gasteiger partial charge on any atom is -0.454 e. The van der Waals surface area contributed by atoms with Crippen LogP contribution in [-0.2, 0) is 20.7 Å². The summed E-state index contributed by atoms with van der Waals surface area (Å²) in [6, 6.07) is 16.0. The van der Waals surface area contributed by atoms with Crippen LogP contribution in [0.1, 0.15) is 51.3 Å². The molecule has 2 aromatic carbocycles. The third-order valence-electron chi connectivity index (χ3n) is 4.95. The highest BCUT2D eigenvalue weighted by molar-refractivity contribution is 5.96. The van der Waals surface area contributed by atoms with Gasteiger partial charge in [-0.15, -0.1) is 0 Å². The summed E-state index contributed by atoms with van der Waals surface area (Å²) in [5.74, 6) is -1.47. The van der Waals surface area contributed by atoms with Gasteiger partial charge < -0.3 is 14.4 Å². The third-order valence-corrected chi connectivity index (χ3v) is 4.95. The van der Waals surface area contributed by atoms with Crippen LogP contribution in [0.2, 0.25) is 0 Å². The van der Waals surface area contributed by atoms with Crippen LogP contribution in [0.4, 0.5) is 0 Å². The van der Waals surface area contributed by atoms with Crippen molar-refractivity contribution >= 4 is 17.8 Å². The van der Waals surface area contributed by atoms with Crippen molar-refractivity contribution in [3.63, 3.8) is 0 Å². The first-order valence-corrected chi connectivity index (χ1v) is 9.62. The van der Waals surface area contributed by atoms with Gasteiger partial charge in [-0.2, -0.15) is 5.26 Å². The molecule has 1 amide bonds. The van der Waals surface area contributed by atoms with Crippen molar-refractivity contribution in [2.75, 3.05) is 13.6 Å². The molecule has 2 atom stereocenters. The lowest BCUT2D eigenvalue weighted by Crippen LogP contribution is -2.38. The average Bonchev–Trinajstić information content (AvgIpc) is 2.76. The number of hydrogen-bond donors (Lipinski definition) is 0. The van der Waals surface area contributed by atoms with Crippen molar-refractivity contribution in [3.8, 4) is 6.07 Å². The number of benzene rings is 2. The molecule has 1 aliphatic rings. The maximum Gasteiger partial charge on any atom is 0.339 e. The number of cyclic esters (lactones) is 1. The van der Waals surface area contributed by atoms with Gasteiger partial charge in [0.2, 0.25) is 0 Å². The highest BCUT2D eigenvalue weighted by atomic mass is 16.6. The number of hydrogen-bond acceptors (Lipinski definition) is 6. The molecule has 154 valence electrons. The molecule has 0 unspecified atom stereocenters. The number of rotatable bonds is 6. The number of nitriles is 1. The van der Waals surface area contributed by atoms with Crippen LogP contribution in [0, 0.1) is 11.3 Å². The van der Waals surface area contributed by atoms with E-state index in [1.165, 1.54) is 17.9 Å². The van der Waals surface area contributed by atoms with Crippen molar-refractivity contribution in [1.29, 1.82) is 5.26 Å².